The zero-order chi connectivity index (χ0) is 30.2. The molecule has 6 rings (SSSR count). The number of rotatable bonds is 6. The minimum absolute atomic E-state index is 0.0489. The lowest BCUT2D eigenvalue weighted by Gasteiger charge is -2.47. The summed E-state index contributed by atoms with van der Waals surface area (Å²) in [5, 5.41) is 11.9. The Morgan fingerprint density at radius 3 is 2.00 bits per heavy atom. The molecular weight excluding hydrogens is 583 g/mol. The van der Waals surface area contributed by atoms with Crippen LogP contribution in [0.3, 0.4) is 0 Å². The number of aromatic nitrogens is 2. The van der Waals surface area contributed by atoms with E-state index in [9.17, 15) is 26.7 Å². The average Bonchev–Trinajstić information content (AvgIpc) is 3.15. The van der Waals surface area contributed by atoms with Crippen molar-refractivity contribution in [3.05, 3.63) is 102 Å². The lowest BCUT2D eigenvalue weighted by molar-refractivity contribution is -0.274. The molecule has 2 aliphatic heterocycles. The van der Waals surface area contributed by atoms with Crippen molar-refractivity contribution in [1.82, 2.24) is 14.7 Å². The van der Waals surface area contributed by atoms with Crippen LogP contribution in [0.2, 0.25) is 0 Å². The number of nitrogens with zero attached hydrogens (tertiary/aromatic N) is 4. The maximum Gasteiger partial charge on any atom is 0.573 e. The number of nitrogens with one attached hydrogen (secondary N) is 1. The van der Waals surface area contributed by atoms with Gasteiger partial charge in [0.15, 0.2) is 0 Å². The second-order valence-corrected chi connectivity index (χ2v) is 12.1. The molecule has 0 bridgehead atoms. The first-order valence-corrected chi connectivity index (χ1v) is 15.1. The number of anilines is 3. The van der Waals surface area contributed by atoms with Crippen LogP contribution in [0, 0.1) is 0 Å². The SMILES string of the molecule is O=S(=O)(N[C@@H]1CN(c2ncccn2)CC(N2c3ccccc3CCc3ccccc32)[C@H]1O)c1ccc(OC(F)(F)F)cc1. The molecule has 3 heterocycles. The summed E-state index contributed by atoms with van der Waals surface area (Å²) in [4.78, 5) is 12.4. The van der Waals surface area contributed by atoms with Crippen molar-refractivity contribution in [3.8, 4) is 5.75 Å². The molecule has 2 aliphatic rings. The molecule has 0 spiro atoms. The van der Waals surface area contributed by atoms with Gasteiger partial charge in [0.1, 0.15) is 5.75 Å². The fourth-order valence-corrected chi connectivity index (χ4v) is 6.98. The molecule has 3 aromatic carbocycles. The molecule has 3 atom stereocenters. The van der Waals surface area contributed by atoms with E-state index in [0.29, 0.717) is 5.95 Å². The Labute approximate surface area is 246 Å². The van der Waals surface area contributed by atoms with E-state index in [2.05, 4.69) is 24.3 Å². The molecule has 1 aromatic heterocycles. The topological polar surface area (TPSA) is 108 Å². The molecule has 0 amide bonds. The number of hydrogen-bond acceptors (Lipinski definition) is 8. The van der Waals surface area contributed by atoms with Crippen molar-refractivity contribution >= 4 is 27.3 Å². The predicted molar refractivity (Wildman–Crippen MR) is 154 cm³/mol. The van der Waals surface area contributed by atoms with Gasteiger partial charge in [0, 0.05) is 36.9 Å². The zero-order valence-corrected chi connectivity index (χ0v) is 23.5. The first-order valence-electron chi connectivity index (χ1n) is 13.6. The van der Waals surface area contributed by atoms with Gasteiger partial charge in [-0.25, -0.2) is 23.1 Å². The van der Waals surface area contributed by atoms with E-state index in [0.717, 1.165) is 59.6 Å². The monoisotopic (exact) mass is 611 g/mol. The summed E-state index contributed by atoms with van der Waals surface area (Å²) in [5.74, 6) is -0.177. The number of hydrogen-bond donors (Lipinski definition) is 2. The minimum Gasteiger partial charge on any atom is -0.406 e. The number of ether oxygens (including phenoxy) is 1. The summed E-state index contributed by atoms with van der Waals surface area (Å²) < 4.78 is 71.2. The van der Waals surface area contributed by atoms with Crippen LogP contribution in [-0.4, -0.2) is 61.1 Å². The second-order valence-electron chi connectivity index (χ2n) is 10.4. The highest BCUT2D eigenvalue weighted by Crippen LogP contribution is 2.40. The van der Waals surface area contributed by atoms with Crippen LogP contribution < -0.4 is 19.3 Å². The number of aliphatic hydroxyl groups is 1. The van der Waals surface area contributed by atoms with Crippen molar-refractivity contribution < 1.29 is 31.4 Å². The molecule has 1 saturated heterocycles. The van der Waals surface area contributed by atoms with Crippen LogP contribution in [0.15, 0.2) is 96.2 Å². The largest absolute Gasteiger partial charge is 0.573 e. The van der Waals surface area contributed by atoms with Crippen molar-refractivity contribution in [3.63, 3.8) is 0 Å². The number of sulfonamides is 1. The average molecular weight is 612 g/mol. The molecule has 0 saturated carbocycles. The maximum absolute atomic E-state index is 13.5. The Morgan fingerprint density at radius 2 is 1.42 bits per heavy atom. The summed E-state index contributed by atoms with van der Waals surface area (Å²) in [5.41, 5.74) is 4.01. The van der Waals surface area contributed by atoms with Gasteiger partial charge in [0.05, 0.1) is 23.1 Å². The lowest BCUT2D eigenvalue weighted by atomic mass is 9.94. The van der Waals surface area contributed by atoms with Gasteiger partial charge in [-0.1, -0.05) is 36.4 Å². The lowest BCUT2D eigenvalue weighted by Crippen LogP contribution is -2.65. The van der Waals surface area contributed by atoms with E-state index in [4.69, 9.17) is 0 Å². The molecule has 1 unspecified atom stereocenters. The molecule has 1 fully saturated rings. The number of para-hydroxylation sites is 2. The third-order valence-electron chi connectivity index (χ3n) is 7.64. The number of aliphatic hydroxyl groups excluding tert-OH is 1. The number of aryl methyl sites for hydroxylation is 2. The number of halogens is 3. The quantitative estimate of drug-likeness (QED) is 0.334. The van der Waals surface area contributed by atoms with E-state index in [1.165, 1.54) is 0 Å². The van der Waals surface area contributed by atoms with E-state index in [1.807, 2.05) is 53.4 Å². The number of benzene rings is 3. The second kappa shape index (κ2) is 11.5. The number of alkyl halides is 3. The Morgan fingerprint density at radius 1 is 0.837 bits per heavy atom. The van der Waals surface area contributed by atoms with Crippen molar-refractivity contribution in [1.29, 1.82) is 0 Å². The van der Waals surface area contributed by atoms with Gasteiger partial charge >= 0.3 is 6.36 Å². The van der Waals surface area contributed by atoms with Crippen molar-refractivity contribution in [2.45, 2.75) is 42.3 Å². The zero-order valence-electron chi connectivity index (χ0n) is 22.7. The van der Waals surface area contributed by atoms with Crippen LogP contribution in [0.25, 0.3) is 0 Å². The molecule has 0 radical (unpaired) electrons. The smallest absolute Gasteiger partial charge is 0.406 e. The summed E-state index contributed by atoms with van der Waals surface area (Å²) >= 11 is 0. The standard InChI is InChI=1S/C30H28F3N5O4S/c31-30(32,33)42-22-12-14-23(15-13-22)43(40,41)36-24-18-37(29-34-16-5-17-35-29)19-27(28(24)39)38-25-8-3-1-6-20(25)10-11-21-7-2-4-9-26(21)38/h1-9,12-17,24,27-28,36,39H,10-11,18-19H2/t24-,27?,28+/m1/s1. The third-order valence-corrected chi connectivity index (χ3v) is 9.14. The Hall–Kier alpha value is -4.20. The van der Waals surface area contributed by atoms with E-state index >= 15 is 0 Å². The first-order chi connectivity index (χ1) is 20.6. The van der Waals surface area contributed by atoms with E-state index in [1.54, 1.807) is 18.5 Å². The van der Waals surface area contributed by atoms with E-state index < -0.39 is 40.3 Å². The summed E-state index contributed by atoms with van der Waals surface area (Å²) in [7, 11) is -4.27. The molecule has 2 N–H and O–H groups in total. The van der Waals surface area contributed by atoms with Gasteiger partial charge in [0.2, 0.25) is 16.0 Å². The van der Waals surface area contributed by atoms with Gasteiger partial charge < -0.3 is 19.6 Å². The van der Waals surface area contributed by atoms with Gasteiger partial charge in [-0.15, -0.1) is 13.2 Å². The van der Waals surface area contributed by atoms with Crippen LogP contribution >= 0.6 is 0 Å². The summed E-state index contributed by atoms with van der Waals surface area (Å²) in [6, 6.07) is 19.8. The van der Waals surface area contributed by atoms with Crippen molar-refractivity contribution in [2.24, 2.45) is 0 Å². The molecule has 43 heavy (non-hydrogen) atoms. The summed E-state index contributed by atoms with van der Waals surface area (Å²) in [6.45, 7) is 0.336. The molecule has 224 valence electrons. The minimum atomic E-state index is -4.91. The van der Waals surface area contributed by atoms with Gasteiger partial charge in [-0.05, 0) is 66.4 Å². The Bertz CT molecular complexity index is 1640. The molecular formula is C30H28F3N5O4S. The number of piperidine rings is 1. The van der Waals surface area contributed by atoms with Crippen LogP contribution in [-0.2, 0) is 22.9 Å². The Kier molecular flexibility index (Phi) is 7.71. The Balaban J connectivity index is 1.38. The van der Waals surface area contributed by atoms with Crippen LogP contribution in [0.4, 0.5) is 30.5 Å². The van der Waals surface area contributed by atoms with E-state index in [-0.39, 0.29) is 18.0 Å². The fourth-order valence-electron chi connectivity index (χ4n) is 5.74. The maximum atomic E-state index is 13.5. The van der Waals surface area contributed by atoms with Crippen molar-refractivity contribution in [2.75, 3.05) is 22.9 Å². The highest BCUT2D eigenvalue weighted by atomic mass is 32.2. The predicted octanol–water partition coefficient (Wildman–Crippen LogP) is 4.21. The van der Waals surface area contributed by atoms with Crippen LogP contribution in [0.1, 0.15) is 11.1 Å². The van der Waals surface area contributed by atoms with Gasteiger partial charge in [-0.2, -0.15) is 0 Å². The highest BCUT2D eigenvalue weighted by Gasteiger charge is 2.43. The molecule has 0 aliphatic carbocycles. The van der Waals surface area contributed by atoms with Gasteiger partial charge in [0.25, 0.3) is 0 Å². The molecule has 13 heteroatoms. The van der Waals surface area contributed by atoms with Crippen LogP contribution in [0.5, 0.6) is 5.75 Å². The van der Waals surface area contributed by atoms with Gasteiger partial charge in [-0.3, -0.25) is 0 Å². The first kappa shape index (κ1) is 28.9. The number of fused-ring (bicyclic) bond motifs is 2. The third kappa shape index (κ3) is 6.14. The molecule has 4 aromatic rings. The molecule has 9 nitrogen and oxygen atoms in total. The highest BCUT2D eigenvalue weighted by molar-refractivity contribution is 7.89. The normalized spacial score (nSPS) is 20.6. The fraction of sp³-hybridized carbons (Fsp3) is 0.267. The summed E-state index contributed by atoms with van der Waals surface area (Å²) in [6.07, 6.45) is -1.34.